The molecule has 4 aromatic rings. The highest BCUT2D eigenvalue weighted by molar-refractivity contribution is 9.10. The molecule has 2 aromatic heterocycles. The maximum atomic E-state index is 5.21. The number of nitrogens with zero attached hydrogens (tertiary/aromatic N) is 4. The normalized spacial score (nSPS) is 10.9. The Labute approximate surface area is 163 Å². The summed E-state index contributed by atoms with van der Waals surface area (Å²) in [7, 11) is 1.65. The fourth-order valence-electron chi connectivity index (χ4n) is 2.63. The molecule has 0 N–H and O–H groups in total. The summed E-state index contributed by atoms with van der Waals surface area (Å²) in [6.45, 7) is 2.00. The molecule has 0 saturated carbocycles. The lowest BCUT2D eigenvalue weighted by molar-refractivity contribution is 0.414. The topological polar surface area (TPSA) is 52.8 Å². The average molecular weight is 427 g/mol. The van der Waals surface area contributed by atoms with Gasteiger partial charge in [-0.3, -0.25) is 0 Å². The summed E-state index contributed by atoms with van der Waals surface area (Å²) < 4.78 is 8.07. The summed E-state index contributed by atoms with van der Waals surface area (Å²) in [4.78, 5) is 4.74. The molecule has 26 heavy (non-hydrogen) atoms. The molecule has 0 fully saturated rings. The van der Waals surface area contributed by atoms with Gasteiger partial charge in [-0.25, -0.2) is 9.67 Å². The standard InChI is InChI=1S/C19H15BrN4OS/c1-12-18(22-23-24(12)15-7-9-16(25-2)10-8-15)19-21-17(11-26-19)13-3-5-14(20)6-4-13/h3-11H,1-2H3. The molecule has 0 radical (unpaired) electrons. The van der Waals surface area contributed by atoms with E-state index in [0.717, 1.165) is 43.6 Å². The molecule has 5 nitrogen and oxygen atoms in total. The van der Waals surface area contributed by atoms with Crippen molar-refractivity contribution in [3.8, 4) is 33.4 Å². The van der Waals surface area contributed by atoms with Gasteiger partial charge in [0.2, 0.25) is 0 Å². The monoisotopic (exact) mass is 426 g/mol. The number of rotatable bonds is 4. The van der Waals surface area contributed by atoms with Gasteiger partial charge >= 0.3 is 0 Å². The third kappa shape index (κ3) is 3.15. The van der Waals surface area contributed by atoms with Crippen LogP contribution in [0.5, 0.6) is 5.75 Å². The van der Waals surface area contributed by atoms with Gasteiger partial charge in [-0.05, 0) is 43.3 Å². The van der Waals surface area contributed by atoms with E-state index in [0.29, 0.717) is 0 Å². The quantitative estimate of drug-likeness (QED) is 0.453. The van der Waals surface area contributed by atoms with Crippen LogP contribution in [0, 0.1) is 6.92 Å². The van der Waals surface area contributed by atoms with Crippen LogP contribution in [0.4, 0.5) is 0 Å². The number of methoxy groups -OCH3 is 1. The summed E-state index contributed by atoms with van der Waals surface area (Å²) in [5.41, 5.74) is 4.71. The number of ether oxygens (including phenoxy) is 1. The van der Waals surface area contributed by atoms with Gasteiger partial charge in [-0.2, -0.15) is 0 Å². The number of halogens is 1. The second-order valence-corrected chi connectivity index (χ2v) is 7.45. The van der Waals surface area contributed by atoms with Crippen molar-refractivity contribution in [3.63, 3.8) is 0 Å². The molecular formula is C19H15BrN4OS. The lowest BCUT2D eigenvalue weighted by Gasteiger charge is -2.04. The molecule has 7 heteroatoms. The number of thiazole rings is 1. The highest BCUT2D eigenvalue weighted by Crippen LogP contribution is 2.30. The number of benzene rings is 2. The molecule has 130 valence electrons. The lowest BCUT2D eigenvalue weighted by atomic mass is 10.2. The van der Waals surface area contributed by atoms with Gasteiger partial charge in [-0.1, -0.05) is 33.3 Å². The minimum absolute atomic E-state index is 0.800. The SMILES string of the molecule is COc1ccc(-n2nnc(-c3nc(-c4ccc(Br)cc4)cs3)c2C)cc1. The fraction of sp³-hybridized carbons (Fsp3) is 0.105. The van der Waals surface area contributed by atoms with Gasteiger partial charge in [0.05, 0.1) is 24.2 Å². The second kappa shape index (κ2) is 7.01. The zero-order valence-corrected chi connectivity index (χ0v) is 16.6. The Bertz CT molecular complexity index is 1040. The van der Waals surface area contributed by atoms with Crippen molar-refractivity contribution < 1.29 is 4.74 Å². The Balaban J connectivity index is 1.67. The summed E-state index contributed by atoms with van der Waals surface area (Å²) in [5.74, 6) is 0.811. The van der Waals surface area contributed by atoms with E-state index in [1.165, 1.54) is 0 Å². The van der Waals surface area contributed by atoms with Crippen LogP contribution in [0.1, 0.15) is 5.69 Å². The summed E-state index contributed by atoms with van der Waals surface area (Å²) in [6.07, 6.45) is 0. The smallest absolute Gasteiger partial charge is 0.146 e. The first-order valence-corrected chi connectivity index (χ1v) is 9.61. The predicted molar refractivity (Wildman–Crippen MR) is 107 cm³/mol. The Morgan fingerprint density at radius 1 is 1.04 bits per heavy atom. The van der Waals surface area contributed by atoms with Gasteiger partial charge in [0, 0.05) is 15.4 Å². The van der Waals surface area contributed by atoms with E-state index in [1.807, 2.05) is 65.5 Å². The Morgan fingerprint density at radius 3 is 2.46 bits per heavy atom. The highest BCUT2D eigenvalue weighted by atomic mass is 79.9. The first-order chi connectivity index (χ1) is 12.7. The van der Waals surface area contributed by atoms with Gasteiger partial charge in [0.25, 0.3) is 0 Å². The van der Waals surface area contributed by atoms with Crippen molar-refractivity contribution in [2.45, 2.75) is 6.92 Å². The third-order valence-electron chi connectivity index (χ3n) is 4.06. The van der Waals surface area contributed by atoms with Crippen molar-refractivity contribution in [2.24, 2.45) is 0 Å². The van der Waals surface area contributed by atoms with E-state index in [1.54, 1.807) is 18.4 Å². The Morgan fingerprint density at radius 2 is 1.77 bits per heavy atom. The van der Waals surface area contributed by atoms with Crippen molar-refractivity contribution >= 4 is 27.3 Å². The maximum Gasteiger partial charge on any atom is 0.146 e. The molecule has 0 atom stereocenters. The molecule has 2 heterocycles. The second-order valence-electron chi connectivity index (χ2n) is 5.68. The highest BCUT2D eigenvalue weighted by Gasteiger charge is 2.16. The Kier molecular flexibility index (Phi) is 4.57. The van der Waals surface area contributed by atoms with Crippen LogP contribution in [-0.2, 0) is 0 Å². The number of hydrogen-bond acceptors (Lipinski definition) is 5. The molecule has 0 spiro atoms. The van der Waals surface area contributed by atoms with E-state index in [-0.39, 0.29) is 0 Å². The number of aromatic nitrogens is 4. The first kappa shape index (κ1) is 16.9. The molecule has 0 aliphatic carbocycles. The third-order valence-corrected chi connectivity index (χ3v) is 5.44. The maximum absolute atomic E-state index is 5.21. The zero-order valence-electron chi connectivity index (χ0n) is 14.2. The number of hydrogen-bond donors (Lipinski definition) is 0. The molecular weight excluding hydrogens is 412 g/mol. The molecule has 0 aliphatic rings. The first-order valence-electron chi connectivity index (χ1n) is 7.94. The predicted octanol–water partition coefficient (Wildman–Crippen LogP) is 5.14. The molecule has 0 unspecified atom stereocenters. The lowest BCUT2D eigenvalue weighted by Crippen LogP contribution is -1.99. The van der Waals surface area contributed by atoms with E-state index in [4.69, 9.17) is 9.72 Å². The van der Waals surface area contributed by atoms with Crippen LogP contribution in [-0.4, -0.2) is 27.1 Å². The molecule has 0 aliphatic heterocycles. The largest absolute Gasteiger partial charge is 0.497 e. The average Bonchev–Trinajstić information content (AvgIpc) is 3.29. The molecule has 0 amide bonds. The van der Waals surface area contributed by atoms with Crippen molar-refractivity contribution in [1.82, 2.24) is 20.0 Å². The van der Waals surface area contributed by atoms with Crippen LogP contribution < -0.4 is 4.74 Å². The van der Waals surface area contributed by atoms with Gasteiger partial charge in [-0.15, -0.1) is 16.4 Å². The van der Waals surface area contributed by atoms with Gasteiger partial charge in [0.1, 0.15) is 16.5 Å². The van der Waals surface area contributed by atoms with Crippen LogP contribution in [0.15, 0.2) is 58.4 Å². The molecule has 2 aromatic carbocycles. The fourth-order valence-corrected chi connectivity index (χ4v) is 3.76. The zero-order chi connectivity index (χ0) is 18.1. The summed E-state index contributed by atoms with van der Waals surface area (Å²) >= 11 is 5.03. The van der Waals surface area contributed by atoms with Crippen molar-refractivity contribution in [1.29, 1.82) is 0 Å². The summed E-state index contributed by atoms with van der Waals surface area (Å²) in [6, 6.07) is 15.8. The van der Waals surface area contributed by atoms with Crippen molar-refractivity contribution in [3.05, 3.63) is 64.1 Å². The van der Waals surface area contributed by atoms with Crippen LogP contribution in [0.2, 0.25) is 0 Å². The minimum atomic E-state index is 0.800. The Hall–Kier alpha value is -2.51. The minimum Gasteiger partial charge on any atom is -0.497 e. The van der Waals surface area contributed by atoms with Gasteiger partial charge < -0.3 is 4.74 Å². The van der Waals surface area contributed by atoms with Crippen LogP contribution in [0.25, 0.3) is 27.6 Å². The van der Waals surface area contributed by atoms with Crippen LogP contribution >= 0.6 is 27.3 Å². The molecule has 0 saturated heterocycles. The van der Waals surface area contributed by atoms with Gasteiger partial charge in [0.15, 0.2) is 0 Å². The van der Waals surface area contributed by atoms with Crippen LogP contribution in [0.3, 0.4) is 0 Å². The van der Waals surface area contributed by atoms with E-state index >= 15 is 0 Å². The van der Waals surface area contributed by atoms with E-state index < -0.39 is 0 Å². The van der Waals surface area contributed by atoms with E-state index in [2.05, 4.69) is 26.2 Å². The summed E-state index contributed by atoms with van der Waals surface area (Å²) in [5, 5.41) is 11.6. The molecule has 0 bridgehead atoms. The molecule has 4 rings (SSSR count). The van der Waals surface area contributed by atoms with E-state index in [9.17, 15) is 0 Å². The van der Waals surface area contributed by atoms with Crippen molar-refractivity contribution in [2.75, 3.05) is 7.11 Å².